The largest absolute Gasteiger partial charge is 0.494 e. The zero-order valence-corrected chi connectivity index (χ0v) is 16.9. The van der Waals surface area contributed by atoms with E-state index >= 15 is 0 Å². The first-order chi connectivity index (χ1) is 14.3. The molecule has 29 heavy (non-hydrogen) atoms. The van der Waals surface area contributed by atoms with Crippen LogP contribution in [-0.2, 0) is 13.1 Å². The Morgan fingerprint density at radius 3 is 2.52 bits per heavy atom. The normalized spacial score (nSPS) is 11.3. The molecular formula is C23H29N5O. The molecule has 0 amide bonds. The summed E-state index contributed by atoms with van der Waals surface area (Å²) in [7, 11) is 1.80. The van der Waals surface area contributed by atoms with Gasteiger partial charge in [0, 0.05) is 32.5 Å². The monoisotopic (exact) mass is 391 g/mol. The second-order valence-electron chi connectivity index (χ2n) is 6.69. The van der Waals surface area contributed by atoms with Crippen LogP contribution in [0.15, 0.2) is 78.0 Å². The Morgan fingerprint density at radius 2 is 1.76 bits per heavy atom. The summed E-state index contributed by atoms with van der Waals surface area (Å²) in [6.07, 6.45) is 5.79. The Balaban J connectivity index is 1.37. The molecule has 2 aromatic carbocycles. The highest BCUT2D eigenvalue weighted by atomic mass is 16.5. The van der Waals surface area contributed by atoms with Crippen molar-refractivity contribution >= 4 is 5.96 Å². The first kappa shape index (κ1) is 20.5. The molecule has 0 atom stereocenters. The fourth-order valence-corrected chi connectivity index (χ4v) is 2.99. The van der Waals surface area contributed by atoms with Gasteiger partial charge in [-0.25, -0.2) is 0 Å². The topological polar surface area (TPSA) is 63.5 Å². The minimum absolute atomic E-state index is 0.717. The van der Waals surface area contributed by atoms with Gasteiger partial charge in [0.1, 0.15) is 5.75 Å². The van der Waals surface area contributed by atoms with Crippen molar-refractivity contribution in [2.24, 2.45) is 4.99 Å². The summed E-state index contributed by atoms with van der Waals surface area (Å²) < 4.78 is 7.65. The molecule has 0 spiro atoms. The maximum Gasteiger partial charge on any atom is 0.191 e. The number of benzene rings is 2. The molecule has 0 saturated carbocycles. The third-order valence-electron chi connectivity index (χ3n) is 4.56. The van der Waals surface area contributed by atoms with Gasteiger partial charge in [0.05, 0.1) is 13.2 Å². The Hall–Kier alpha value is -3.28. The highest BCUT2D eigenvalue weighted by Crippen LogP contribution is 2.10. The second kappa shape index (κ2) is 11.5. The molecule has 3 rings (SSSR count). The van der Waals surface area contributed by atoms with Crippen LogP contribution in [0.4, 0.5) is 0 Å². The van der Waals surface area contributed by atoms with E-state index in [1.807, 2.05) is 47.3 Å². The van der Waals surface area contributed by atoms with Crippen LogP contribution in [0, 0.1) is 0 Å². The van der Waals surface area contributed by atoms with Crippen molar-refractivity contribution in [1.82, 2.24) is 20.4 Å². The molecule has 0 aliphatic heterocycles. The third-order valence-corrected chi connectivity index (χ3v) is 4.56. The van der Waals surface area contributed by atoms with Crippen molar-refractivity contribution in [1.29, 1.82) is 0 Å². The van der Waals surface area contributed by atoms with Gasteiger partial charge in [-0.1, -0.05) is 42.5 Å². The van der Waals surface area contributed by atoms with E-state index in [9.17, 15) is 0 Å². The molecule has 0 aliphatic rings. The number of aliphatic imine (C=N–C) groups is 1. The van der Waals surface area contributed by atoms with Crippen molar-refractivity contribution in [3.05, 3.63) is 84.2 Å². The zero-order valence-electron chi connectivity index (χ0n) is 16.9. The quantitative estimate of drug-likeness (QED) is 0.316. The molecular weight excluding hydrogens is 362 g/mol. The third kappa shape index (κ3) is 6.99. The van der Waals surface area contributed by atoms with Gasteiger partial charge in [-0.2, -0.15) is 5.10 Å². The summed E-state index contributed by atoms with van der Waals surface area (Å²) in [6.45, 7) is 3.05. The van der Waals surface area contributed by atoms with E-state index < -0.39 is 0 Å². The number of rotatable bonds is 10. The predicted octanol–water partition coefficient (Wildman–Crippen LogP) is 3.46. The van der Waals surface area contributed by atoms with Gasteiger partial charge in [-0.05, 0) is 42.2 Å². The lowest BCUT2D eigenvalue weighted by Crippen LogP contribution is -2.37. The first-order valence-electron chi connectivity index (χ1n) is 10.0. The summed E-state index contributed by atoms with van der Waals surface area (Å²) in [5, 5.41) is 11.1. The highest BCUT2D eigenvalue weighted by Gasteiger charge is 2.04. The zero-order chi connectivity index (χ0) is 20.2. The molecule has 0 saturated heterocycles. The lowest BCUT2D eigenvalue weighted by atomic mass is 10.1. The van der Waals surface area contributed by atoms with Crippen LogP contribution in [-0.4, -0.2) is 35.9 Å². The van der Waals surface area contributed by atoms with Crippen molar-refractivity contribution < 1.29 is 4.74 Å². The van der Waals surface area contributed by atoms with E-state index in [0.717, 1.165) is 44.2 Å². The lowest BCUT2D eigenvalue weighted by molar-refractivity contribution is 0.307. The maximum absolute atomic E-state index is 5.72. The molecule has 0 aliphatic carbocycles. The van der Waals surface area contributed by atoms with E-state index in [1.54, 1.807) is 13.2 Å². The number of ether oxygens (including phenoxy) is 1. The molecule has 6 heteroatoms. The SMILES string of the molecule is CN=C(NCCCCOc1ccccc1)NCc1ccccc1Cn1cccn1. The molecule has 0 radical (unpaired) electrons. The number of aromatic nitrogens is 2. The molecule has 0 bridgehead atoms. The van der Waals surface area contributed by atoms with Crippen LogP contribution in [0.1, 0.15) is 24.0 Å². The number of guanidine groups is 1. The molecule has 3 aromatic rings. The van der Waals surface area contributed by atoms with Crippen LogP contribution in [0.25, 0.3) is 0 Å². The van der Waals surface area contributed by atoms with Crippen molar-refractivity contribution in [2.75, 3.05) is 20.2 Å². The number of unbranched alkanes of at least 4 members (excludes halogenated alkanes) is 1. The number of nitrogens with one attached hydrogen (secondary N) is 2. The summed E-state index contributed by atoms with van der Waals surface area (Å²) in [6, 6.07) is 20.3. The summed E-state index contributed by atoms with van der Waals surface area (Å²) in [4.78, 5) is 4.32. The van der Waals surface area contributed by atoms with Crippen LogP contribution in [0.3, 0.4) is 0 Å². The van der Waals surface area contributed by atoms with E-state index in [4.69, 9.17) is 4.74 Å². The van der Waals surface area contributed by atoms with Crippen molar-refractivity contribution in [3.8, 4) is 5.75 Å². The standard InChI is InChI=1S/C23H29N5O/c1-24-23(25-14-7-8-17-29-22-12-3-2-4-13-22)26-18-20-10-5-6-11-21(20)19-28-16-9-15-27-28/h2-6,9-13,15-16H,7-8,14,17-19H2,1H3,(H2,24,25,26). The number of para-hydroxylation sites is 1. The molecule has 0 unspecified atom stereocenters. The highest BCUT2D eigenvalue weighted by molar-refractivity contribution is 5.79. The smallest absolute Gasteiger partial charge is 0.191 e. The van der Waals surface area contributed by atoms with Crippen LogP contribution in [0.5, 0.6) is 5.75 Å². The average Bonchev–Trinajstić information content (AvgIpc) is 3.27. The fourth-order valence-electron chi connectivity index (χ4n) is 2.99. The van der Waals surface area contributed by atoms with Gasteiger partial charge in [0.25, 0.3) is 0 Å². The lowest BCUT2D eigenvalue weighted by Gasteiger charge is -2.14. The Labute approximate surface area is 172 Å². The molecule has 1 aromatic heterocycles. The van der Waals surface area contributed by atoms with Gasteiger partial charge in [-0.15, -0.1) is 0 Å². The van der Waals surface area contributed by atoms with Crippen LogP contribution >= 0.6 is 0 Å². The predicted molar refractivity (Wildman–Crippen MR) is 117 cm³/mol. The number of hydrogen-bond acceptors (Lipinski definition) is 3. The van der Waals surface area contributed by atoms with Crippen molar-refractivity contribution in [2.45, 2.75) is 25.9 Å². The van der Waals surface area contributed by atoms with E-state index in [1.165, 1.54) is 11.1 Å². The van der Waals surface area contributed by atoms with E-state index in [2.05, 4.69) is 45.0 Å². The number of hydrogen-bond donors (Lipinski definition) is 2. The number of nitrogens with zero attached hydrogens (tertiary/aromatic N) is 3. The van der Waals surface area contributed by atoms with Crippen molar-refractivity contribution in [3.63, 3.8) is 0 Å². The van der Waals surface area contributed by atoms with Gasteiger partial charge >= 0.3 is 0 Å². The second-order valence-corrected chi connectivity index (χ2v) is 6.69. The summed E-state index contributed by atoms with van der Waals surface area (Å²) in [5.41, 5.74) is 2.49. The minimum Gasteiger partial charge on any atom is -0.494 e. The average molecular weight is 392 g/mol. The fraction of sp³-hybridized carbons (Fsp3) is 0.304. The minimum atomic E-state index is 0.717. The van der Waals surface area contributed by atoms with E-state index in [-0.39, 0.29) is 0 Å². The van der Waals surface area contributed by atoms with E-state index in [0.29, 0.717) is 6.54 Å². The van der Waals surface area contributed by atoms with Gasteiger partial charge in [0.2, 0.25) is 0 Å². The maximum atomic E-state index is 5.72. The molecule has 2 N–H and O–H groups in total. The summed E-state index contributed by atoms with van der Waals surface area (Å²) in [5.74, 6) is 1.73. The Bertz CT molecular complexity index is 862. The molecule has 152 valence electrons. The van der Waals surface area contributed by atoms with Crippen LogP contribution < -0.4 is 15.4 Å². The van der Waals surface area contributed by atoms with Gasteiger partial charge in [-0.3, -0.25) is 9.67 Å². The van der Waals surface area contributed by atoms with Crippen LogP contribution in [0.2, 0.25) is 0 Å². The molecule has 0 fully saturated rings. The molecule has 6 nitrogen and oxygen atoms in total. The van der Waals surface area contributed by atoms with Gasteiger partial charge < -0.3 is 15.4 Å². The first-order valence-corrected chi connectivity index (χ1v) is 10.0. The summed E-state index contributed by atoms with van der Waals surface area (Å²) >= 11 is 0. The molecule has 1 heterocycles. The van der Waals surface area contributed by atoms with Gasteiger partial charge in [0.15, 0.2) is 5.96 Å². The Kier molecular flexibility index (Phi) is 8.14. The Morgan fingerprint density at radius 1 is 0.966 bits per heavy atom.